The highest BCUT2D eigenvalue weighted by Gasteiger charge is 2.27. The molecule has 0 saturated carbocycles. The smallest absolute Gasteiger partial charge is 0.171 e. The maximum atomic E-state index is 14.1. The first-order chi connectivity index (χ1) is 16.2. The van der Waals surface area contributed by atoms with Crippen molar-refractivity contribution >= 4 is 16.8 Å². The molecule has 0 amide bonds. The van der Waals surface area contributed by atoms with Crippen LogP contribution in [-0.2, 0) is 0 Å². The molecule has 1 unspecified atom stereocenters. The molecule has 4 nitrogen and oxygen atoms in total. The second-order valence-electron chi connectivity index (χ2n) is 8.78. The van der Waals surface area contributed by atoms with Gasteiger partial charge in [0.2, 0.25) is 0 Å². The highest BCUT2D eigenvalue weighted by Crippen LogP contribution is 2.35. The van der Waals surface area contributed by atoms with Crippen LogP contribution in [0.4, 0.5) is 4.39 Å². The Bertz CT molecular complexity index is 1210. The van der Waals surface area contributed by atoms with Crippen molar-refractivity contribution in [3.05, 3.63) is 102 Å². The molecule has 33 heavy (non-hydrogen) atoms. The summed E-state index contributed by atoms with van der Waals surface area (Å²) < 4.78 is 19.8. The molecule has 5 rings (SSSR count). The third-order valence-corrected chi connectivity index (χ3v) is 6.73. The molecule has 1 saturated heterocycles. The van der Waals surface area contributed by atoms with Crippen molar-refractivity contribution < 1.29 is 13.6 Å². The van der Waals surface area contributed by atoms with Gasteiger partial charge < -0.3 is 9.32 Å². The van der Waals surface area contributed by atoms with Gasteiger partial charge in [-0.2, -0.15) is 0 Å². The summed E-state index contributed by atoms with van der Waals surface area (Å²) in [6.07, 6.45) is 5.99. The predicted octanol–water partition coefficient (Wildman–Crippen LogP) is 6.20. The monoisotopic (exact) mass is 442 g/mol. The van der Waals surface area contributed by atoms with Crippen molar-refractivity contribution in [3.63, 3.8) is 0 Å². The fourth-order valence-corrected chi connectivity index (χ4v) is 4.95. The van der Waals surface area contributed by atoms with Gasteiger partial charge in [0, 0.05) is 22.7 Å². The summed E-state index contributed by atoms with van der Waals surface area (Å²) >= 11 is 0. The predicted molar refractivity (Wildman–Crippen MR) is 127 cm³/mol. The van der Waals surface area contributed by atoms with Crippen molar-refractivity contribution in [2.24, 2.45) is 0 Å². The van der Waals surface area contributed by atoms with Crippen LogP contribution >= 0.6 is 0 Å². The van der Waals surface area contributed by atoms with Gasteiger partial charge in [0.05, 0.1) is 17.9 Å². The maximum Gasteiger partial charge on any atom is 0.171 e. The van der Waals surface area contributed by atoms with E-state index in [1.807, 2.05) is 54.6 Å². The SMILES string of the molecule is O=C(c1ccccc1)C(CCN1CCC(c2cc(F)cc3ccoc23)CC1)c1ccccn1. The summed E-state index contributed by atoms with van der Waals surface area (Å²) in [5.41, 5.74) is 3.32. The molecule has 3 heterocycles. The van der Waals surface area contributed by atoms with E-state index in [-0.39, 0.29) is 23.4 Å². The second kappa shape index (κ2) is 9.67. The number of benzene rings is 2. The topological polar surface area (TPSA) is 46.3 Å². The molecular formula is C28H27FN2O2. The third-order valence-electron chi connectivity index (χ3n) is 6.73. The number of rotatable bonds is 7. The lowest BCUT2D eigenvalue weighted by Crippen LogP contribution is -2.35. The zero-order valence-corrected chi connectivity index (χ0v) is 18.5. The van der Waals surface area contributed by atoms with Gasteiger partial charge in [0.25, 0.3) is 0 Å². The number of furan rings is 1. The van der Waals surface area contributed by atoms with Crippen LogP contribution in [0.25, 0.3) is 11.0 Å². The van der Waals surface area contributed by atoms with Crippen LogP contribution in [0.1, 0.15) is 52.7 Å². The number of hydrogen-bond acceptors (Lipinski definition) is 4. The van der Waals surface area contributed by atoms with Crippen LogP contribution in [0.5, 0.6) is 0 Å². The largest absolute Gasteiger partial charge is 0.464 e. The minimum atomic E-state index is -0.266. The zero-order valence-electron chi connectivity index (χ0n) is 18.5. The summed E-state index contributed by atoms with van der Waals surface area (Å²) in [6.45, 7) is 2.65. The average molecular weight is 443 g/mol. The lowest BCUT2D eigenvalue weighted by atomic mass is 9.87. The van der Waals surface area contributed by atoms with E-state index in [9.17, 15) is 9.18 Å². The van der Waals surface area contributed by atoms with Gasteiger partial charge in [-0.1, -0.05) is 36.4 Å². The molecule has 0 bridgehead atoms. The molecule has 168 valence electrons. The van der Waals surface area contributed by atoms with Crippen LogP contribution in [0, 0.1) is 5.82 Å². The molecule has 2 aromatic heterocycles. The Hall–Kier alpha value is -3.31. The summed E-state index contributed by atoms with van der Waals surface area (Å²) in [4.78, 5) is 20.2. The molecule has 4 aromatic rings. The minimum Gasteiger partial charge on any atom is -0.464 e. The van der Waals surface area contributed by atoms with E-state index >= 15 is 0 Å². The Morgan fingerprint density at radius 3 is 2.61 bits per heavy atom. The van der Waals surface area contributed by atoms with Crippen LogP contribution in [0.15, 0.2) is 83.6 Å². The molecule has 0 N–H and O–H groups in total. The van der Waals surface area contributed by atoms with Crippen molar-refractivity contribution in [1.82, 2.24) is 9.88 Å². The summed E-state index contributed by atoms with van der Waals surface area (Å²) in [5.74, 6) is -0.0801. The second-order valence-corrected chi connectivity index (χ2v) is 8.78. The fraction of sp³-hybridized carbons (Fsp3) is 0.286. The molecule has 0 spiro atoms. The van der Waals surface area contributed by atoms with Crippen LogP contribution in [-0.4, -0.2) is 35.3 Å². The Kier molecular flexibility index (Phi) is 6.31. The van der Waals surface area contributed by atoms with Gasteiger partial charge in [-0.15, -0.1) is 0 Å². The van der Waals surface area contributed by atoms with E-state index in [1.54, 1.807) is 18.5 Å². The van der Waals surface area contributed by atoms with E-state index in [0.717, 1.165) is 66.7 Å². The zero-order chi connectivity index (χ0) is 22.6. The number of hydrogen-bond donors (Lipinski definition) is 0. The Balaban J connectivity index is 1.25. The Morgan fingerprint density at radius 1 is 1.06 bits per heavy atom. The minimum absolute atomic E-state index is 0.115. The number of piperidine rings is 1. The van der Waals surface area contributed by atoms with E-state index in [1.165, 1.54) is 6.07 Å². The number of aromatic nitrogens is 1. The summed E-state index contributed by atoms with van der Waals surface area (Å²) in [5, 5.41) is 0.824. The fourth-order valence-electron chi connectivity index (χ4n) is 4.95. The van der Waals surface area contributed by atoms with E-state index in [2.05, 4.69) is 9.88 Å². The first-order valence-electron chi connectivity index (χ1n) is 11.6. The number of ketones is 1. The van der Waals surface area contributed by atoms with E-state index in [0.29, 0.717) is 0 Å². The molecule has 5 heteroatoms. The molecule has 1 aliphatic rings. The van der Waals surface area contributed by atoms with Gasteiger partial charge in [-0.3, -0.25) is 9.78 Å². The third kappa shape index (κ3) is 4.74. The number of nitrogens with zero attached hydrogens (tertiary/aromatic N) is 2. The van der Waals surface area contributed by atoms with Gasteiger partial charge in [0.1, 0.15) is 11.4 Å². The Labute approximate surface area is 193 Å². The number of carbonyl (C=O) groups excluding carboxylic acids is 1. The summed E-state index contributed by atoms with van der Waals surface area (Å²) in [7, 11) is 0. The molecule has 2 aromatic carbocycles. The molecule has 1 aliphatic heterocycles. The lowest BCUT2D eigenvalue weighted by Gasteiger charge is -2.33. The number of halogens is 1. The molecule has 1 fully saturated rings. The average Bonchev–Trinajstić information content (AvgIpc) is 3.33. The van der Waals surface area contributed by atoms with Gasteiger partial charge in [0.15, 0.2) is 5.78 Å². The normalized spacial score (nSPS) is 16.2. The first kappa shape index (κ1) is 21.5. The van der Waals surface area contributed by atoms with Crippen LogP contribution in [0.2, 0.25) is 0 Å². The van der Waals surface area contributed by atoms with Crippen LogP contribution in [0.3, 0.4) is 0 Å². The van der Waals surface area contributed by atoms with Gasteiger partial charge in [-0.05, 0) is 75.1 Å². The lowest BCUT2D eigenvalue weighted by molar-refractivity contribution is 0.0942. The number of carbonyl (C=O) groups is 1. The van der Waals surface area contributed by atoms with Crippen LogP contribution < -0.4 is 0 Å². The van der Waals surface area contributed by atoms with Crippen molar-refractivity contribution in [3.8, 4) is 0 Å². The number of pyridine rings is 1. The summed E-state index contributed by atoms with van der Waals surface area (Å²) in [6, 6.07) is 20.2. The Morgan fingerprint density at radius 2 is 1.85 bits per heavy atom. The standard InChI is InChI=1S/C28H27FN2O2/c29-23-18-22-12-17-33-28(22)25(19-23)20-9-14-31(15-10-20)16-11-24(26-8-4-5-13-30-26)27(32)21-6-2-1-3-7-21/h1-8,12-13,17-20,24H,9-11,14-16H2. The molecule has 1 atom stereocenters. The molecular weight excluding hydrogens is 415 g/mol. The van der Waals surface area contributed by atoms with Gasteiger partial charge >= 0.3 is 0 Å². The van der Waals surface area contributed by atoms with E-state index in [4.69, 9.17) is 4.42 Å². The molecule has 0 aliphatic carbocycles. The maximum absolute atomic E-state index is 14.1. The van der Waals surface area contributed by atoms with Crippen molar-refractivity contribution in [2.45, 2.75) is 31.1 Å². The molecule has 0 radical (unpaired) electrons. The first-order valence-corrected chi connectivity index (χ1v) is 11.6. The number of fused-ring (bicyclic) bond motifs is 1. The highest BCUT2D eigenvalue weighted by molar-refractivity contribution is 6.00. The quantitative estimate of drug-likeness (QED) is 0.320. The van der Waals surface area contributed by atoms with E-state index < -0.39 is 0 Å². The van der Waals surface area contributed by atoms with Gasteiger partial charge in [-0.25, -0.2) is 4.39 Å². The van der Waals surface area contributed by atoms with Crippen molar-refractivity contribution in [2.75, 3.05) is 19.6 Å². The number of likely N-dealkylation sites (tertiary alicyclic amines) is 1. The number of Topliss-reactive ketones (excluding diaryl/α,β-unsaturated/α-hetero) is 1. The van der Waals surface area contributed by atoms with Crippen molar-refractivity contribution in [1.29, 1.82) is 0 Å². The highest BCUT2D eigenvalue weighted by atomic mass is 19.1.